The quantitative estimate of drug-likeness (QED) is 0.651. The molecule has 0 spiro atoms. The summed E-state index contributed by atoms with van der Waals surface area (Å²) in [6, 6.07) is 12.6. The van der Waals surface area contributed by atoms with E-state index in [-0.39, 0.29) is 6.04 Å². The molecule has 1 aromatic heterocycles. The van der Waals surface area contributed by atoms with E-state index in [4.69, 9.17) is 10.3 Å². The number of benzene rings is 1. The van der Waals surface area contributed by atoms with Gasteiger partial charge < -0.3 is 4.42 Å². The van der Waals surface area contributed by atoms with Crippen LogP contribution in [0.2, 0.25) is 0 Å². The molecule has 0 bridgehead atoms. The molecule has 0 saturated heterocycles. The third-order valence-electron chi connectivity index (χ3n) is 4.03. The predicted molar refractivity (Wildman–Crippen MR) is 75.6 cm³/mol. The molecule has 3 N–H and O–H groups in total. The Kier molecular flexibility index (Phi) is 3.40. The topological polar surface area (TPSA) is 51.2 Å². The van der Waals surface area contributed by atoms with Crippen LogP contribution < -0.4 is 11.3 Å². The Morgan fingerprint density at radius 2 is 2.11 bits per heavy atom. The fourth-order valence-corrected chi connectivity index (χ4v) is 2.69. The van der Waals surface area contributed by atoms with Crippen LogP contribution in [0.3, 0.4) is 0 Å². The Morgan fingerprint density at radius 3 is 2.68 bits per heavy atom. The maximum atomic E-state index is 5.71. The molecule has 3 rings (SSSR count). The number of hydrazine groups is 1. The minimum Gasteiger partial charge on any atom is -0.464 e. The van der Waals surface area contributed by atoms with Gasteiger partial charge in [0.05, 0.1) is 0 Å². The van der Waals surface area contributed by atoms with E-state index in [1.807, 2.05) is 19.1 Å². The van der Waals surface area contributed by atoms with Gasteiger partial charge in [-0.3, -0.25) is 5.84 Å². The largest absolute Gasteiger partial charge is 0.464 e. The van der Waals surface area contributed by atoms with Crippen molar-refractivity contribution in [2.24, 2.45) is 5.84 Å². The zero-order chi connectivity index (χ0) is 13.2. The number of aryl methyl sites for hydroxylation is 1. The summed E-state index contributed by atoms with van der Waals surface area (Å²) in [6.45, 7) is 1.95. The fourth-order valence-electron chi connectivity index (χ4n) is 2.69. The molecular formula is C16H20N2O. The van der Waals surface area contributed by atoms with E-state index in [1.54, 1.807) is 0 Å². The zero-order valence-electron chi connectivity index (χ0n) is 11.2. The monoisotopic (exact) mass is 256 g/mol. The van der Waals surface area contributed by atoms with Crippen LogP contribution in [0.4, 0.5) is 0 Å². The molecule has 1 heterocycles. The number of nitrogens with one attached hydrogen (secondary N) is 1. The molecule has 1 fully saturated rings. The third-order valence-corrected chi connectivity index (χ3v) is 4.03. The Bertz CT molecular complexity index is 557. The lowest BCUT2D eigenvalue weighted by atomic mass is 9.79. The summed E-state index contributed by atoms with van der Waals surface area (Å²) in [5.41, 5.74) is 5.45. The van der Waals surface area contributed by atoms with Crippen molar-refractivity contribution in [3.8, 4) is 0 Å². The molecule has 1 atom stereocenters. The van der Waals surface area contributed by atoms with Crippen molar-refractivity contribution in [2.75, 3.05) is 0 Å². The van der Waals surface area contributed by atoms with E-state index in [0.29, 0.717) is 0 Å². The number of rotatable bonds is 4. The number of nitrogens with two attached hydrogens (primary N) is 1. The van der Waals surface area contributed by atoms with Crippen LogP contribution in [0, 0.1) is 6.92 Å². The average molecular weight is 256 g/mol. The van der Waals surface area contributed by atoms with Gasteiger partial charge in [-0.1, -0.05) is 30.7 Å². The van der Waals surface area contributed by atoms with Gasteiger partial charge in [-0.15, -0.1) is 0 Å². The number of furan rings is 1. The van der Waals surface area contributed by atoms with E-state index in [1.165, 1.54) is 30.4 Å². The summed E-state index contributed by atoms with van der Waals surface area (Å²) < 4.78 is 5.69. The normalized spacial score (nSPS) is 17.2. The molecule has 1 saturated carbocycles. The highest BCUT2D eigenvalue weighted by atomic mass is 16.3. The number of hydrogen-bond donors (Lipinski definition) is 2. The van der Waals surface area contributed by atoms with E-state index in [0.717, 1.165) is 17.4 Å². The van der Waals surface area contributed by atoms with Crippen molar-refractivity contribution in [1.82, 2.24) is 5.43 Å². The van der Waals surface area contributed by atoms with Gasteiger partial charge in [0.1, 0.15) is 17.6 Å². The van der Waals surface area contributed by atoms with E-state index in [2.05, 4.69) is 29.7 Å². The lowest BCUT2D eigenvalue weighted by Crippen LogP contribution is -2.28. The maximum absolute atomic E-state index is 5.71. The Hall–Kier alpha value is -1.58. The third kappa shape index (κ3) is 2.44. The van der Waals surface area contributed by atoms with Crippen molar-refractivity contribution in [3.05, 3.63) is 59.0 Å². The van der Waals surface area contributed by atoms with Gasteiger partial charge >= 0.3 is 0 Å². The molecule has 0 amide bonds. The van der Waals surface area contributed by atoms with Crippen LogP contribution in [-0.2, 0) is 0 Å². The van der Waals surface area contributed by atoms with Crippen LogP contribution in [0.15, 0.2) is 40.8 Å². The standard InChI is InChI=1S/C16H20N2O/c1-11-8-9-15(19-11)16(18-17)14-7-3-6-13(10-14)12-4-2-5-12/h3,6-10,12,16,18H,2,4-5,17H2,1H3. The summed E-state index contributed by atoms with van der Waals surface area (Å²) >= 11 is 0. The zero-order valence-corrected chi connectivity index (χ0v) is 11.2. The van der Waals surface area contributed by atoms with Crippen molar-refractivity contribution in [2.45, 2.75) is 38.1 Å². The highest BCUT2D eigenvalue weighted by molar-refractivity contribution is 5.33. The fraction of sp³-hybridized carbons (Fsp3) is 0.375. The first-order valence-corrected chi connectivity index (χ1v) is 6.90. The molecule has 0 aliphatic heterocycles. The van der Waals surface area contributed by atoms with Crippen LogP contribution in [0.25, 0.3) is 0 Å². The molecule has 1 unspecified atom stereocenters. The molecule has 3 heteroatoms. The minimum atomic E-state index is -0.0753. The second kappa shape index (κ2) is 5.19. The van der Waals surface area contributed by atoms with Crippen molar-refractivity contribution in [1.29, 1.82) is 0 Å². The predicted octanol–water partition coefficient (Wildman–Crippen LogP) is 3.41. The van der Waals surface area contributed by atoms with Crippen LogP contribution >= 0.6 is 0 Å². The summed E-state index contributed by atoms with van der Waals surface area (Å²) in [6.07, 6.45) is 3.97. The van der Waals surface area contributed by atoms with Crippen LogP contribution in [0.5, 0.6) is 0 Å². The molecule has 0 radical (unpaired) electrons. The minimum absolute atomic E-state index is 0.0753. The summed E-state index contributed by atoms with van der Waals surface area (Å²) in [5, 5.41) is 0. The summed E-state index contributed by atoms with van der Waals surface area (Å²) in [4.78, 5) is 0. The lowest BCUT2D eigenvalue weighted by molar-refractivity contribution is 0.417. The van der Waals surface area contributed by atoms with E-state index >= 15 is 0 Å². The lowest BCUT2D eigenvalue weighted by Gasteiger charge is -2.26. The van der Waals surface area contributed by atoms with Crippen molar-refractivity contribution in [3.63, 3.8) is 0 Å². The van der Waals surface area contributed by atoms with Gasteiger partial charge in [0.25, 0.3) is 0 Å². The van der Waals surface area contributed by atoms with Gasteiger partial charge in [-0.25, -0.2) is 5.43 Å². The van der Waals surface area contributed by atoms with E-state index in [9.17, 15) is 0 Å². The molecule has 19 heavy (non-hydrogen) atoms. The SMILES string of the molecule is Cc1ccc(C(NN)c2cccc(C3CCC3)c2)o1. The second-order valence-electron chi connectivity index (χ2n) is 5.35. The van der Waals surface area contributed by atoms with Gasteiger partial charge in [0.2, 0.25) is 0 Å². The van der Waals surface area contributed by atoms with Crippen molar-refractivity contribution < 1.29 is 4.42 Å². The Balaban J connectivity index is 1.90. The van der Waals surface area contributed by atoms with Gasteiger partial charge in [-0.05, 0) is 48.9 Å². The highest BCUT2D eigenvalue weighted by Crippen LogP contribution is 2.37. The molecule has 1 aromatic carbocycles. The van der Waals surface area contributed by atoms with Crippen LogP contribution in [0.1, 0.15) is 53.9 Å². The van der Waals surface area contributed by atoms with Crippen molar-refractivity contribution >= 4 is 0 Å². The number of hydrogen-bond acceptors (Lipinski definition) is 3. The van der Waals surface area contributed by atoms with Gasteiger partial charge in [-0.2, -0.15) is 0 Å². The smallest absolute Gasteiger partial charge is 0.126 e. The molecule has 100 valence electrons. The van der Waals surface area contributed by atoms with E-state index < -0.39 is 0 Å². The highest BCUT2D eigenvalue weighted by Gasteiger charge is 2.21. The summed E-state index contributed by atoms with van der Waals surface area (Å²) in [7, 11) is 0. The first-order valence-electron chi connectivity index (χ1n) is 6.90. The Morgan fingerprint density at radius 1 is 1.26 bits per heavy atom. The second-order valence-corrected chi connectivity index (χ2v) is 5.35. The van der Waals surface area contributed by atoms with Crippen LogP contribution in [-0.4, -0.2) is 0 Å². The summed E-state index contributed by atoms with van der Waals surface area (Å²) in [5.74, 6) is 8.22. The Labute approximate surface area is 113 Å². The average Bonchev–Trinajstić information content (AvgIpc) is 2.75. The molecular weight excluding hydrogens is 236 g/mol. The van der Waals surface area contributed by atoms with Gasteiger partial charge in [0, 0.05) is 0 Å². The molecule has 2 aromatic rings. The first-order chi connectivity index (χ1) is 9.28. The first kappa shape index (κ1) is 12.5. The molecule has 1 aliphatic rings. The molecule has 1 aliphatic carbocycles. The molecule has 3 nitrogen and oxygen atoms in total. The maximum Gasteiger partial charge on any atom is 0.126 e. The van der Waals surface area contributed by atoms with Gasteiger partial charge in [0.15, 0.2) is 0 Å².